The highest BCUT2D eigenvalue weighted by Crippen LogP contribution is 2.32. The number of rotatable bonds is 8. The fraction of sp³-hybridized carbons (Fsp3) is 0.708. The van der Waals surface area contributed by atoms with Gasteiger partial charge in [0.1, 0.15) is 0 Å². The number of fused-ring (bicyclic) bond motifs is 1. The van der Waals surface area contributed by atoms with Crippen LogP contribution in [0.5, 0.6) is 0 Å². The Bertz CT molecular complexity index is 665. The van der Waals surface area contributed by atoms with Crippen LogP contribution in [0, 0.1) is 0 Å². The topological polar surface area (TPSA) is 48.9 Å². The Morgan fingerprint density at radius 2 is 1.97 bits per heavy atom. The van der Waals surface area contributed by atoms with E-state index in [0.717, 1.165) is 44.5 Å². The van der Waals surface area contributed by atoms with Crippen molar-refractivity contribution < 1.29 is 4.74 Å². The van der Waals surface area contributed by atoms with Gasteiger partial charge in [-0.05, 0) is 69.4 Å². The second kappa shape index (κ2) is 10.4. The van der Waals surface area contributed by atoms with Crippen molar-refractivity contribution in [2.24, 2.45) is 4.99 Å². The number of aliphatic imine (C=N–C) groups is 1. The number of benzene rings is 1. The molecule has 0 bridgehead atoms. The van der Waals surface area contributed by atoms with Gasteiger partial charge in [0, 0.05) is 44.9 Å². The van der Waals surface area contributed by atoms with Crippen LogP contribution in [-0.2, 0) is 11.2 Å². The predicted octanol–water partition coefficient (Wildman–Crippen LogP) is 3.65. The number of aryl methyl sites for hydroxylation is 1. The molecule has 5 heteroatoms. The molecule has 1 unspecified atom stereocenters. The summed E-state index contributed by atoms with van der Waals surface area (Å²) in [6, 6.07) is 10.2. The molecule has 4 rings (SSSR count). The molecule has 0 aromatic heterocycles. The van der Waals surface area contributed by atoms with Gasteiger partial charge in [-0.25, -0.2) is 0 Å². The van der Waals surface area contributed by atoms with E-state index in [9.17, 15) is 0 Å². The Kier molecular flexibility index (Phi) is 7.44. The lowest BCUT2D eigenvalue weighted by Gasteiger charge is -2.33. The molecular weight excluding hydrogens is 360 g/mol. The SMILES string of the molecule is CCNC(=NCCCOC1CCCc2ccccc21)NC1CCN(C2CC2)CC1. The lowest BCUT2D eigenvalue weighted by Crippen LogP contribution is -2.49. The molecule has 29 heavy (non-hydrogen) atoms. The predicted molar refractivity (Wildman–Crippen MR) is 119 cm³/mol. The maximum Gasteiger partial charge on any atom is 0.191 e. The molecule has 1 aromatic carbocycles. The summed E-state index contributed by atoms with van der Waals surface area (Å²) in [5.74, 6) is 0.973. The number of hydrogen-bond donors (Lipinski definition) is 2. The zero-order valence-corrected chi connectivity index (χ0v) is 18.0. The lowest BCUT2D eigenvalue weighted by atomic mass is 9.89. The van der Waals surface area contributed by atoms with Crippen molar-refractivity contribution in [2.45, 2.75) is 76.5 Å². The maximum absolute atomic E-state index is 6.23. The molecule has 0 amide bonds. The summed E-state index contributed by atoms with van der Waals surface area (Å²) in [5.41, 5.74) is 2.86. The van der Waals surface area contributed by atoms with E-state index in [-0.39, 0.29) is 6.10 Å². The van der Waals surface area contributed by atoms with Crippen molar-refractivity contribution in [3.05, 3.63) is 35.4 Å². The van der Waals surface area contributed by atoms with Crippen LogP contribution in [0.1, 0.15) is 69.1 Å². The van der Waals surface area contributed by atoms with E-state index in [1.807, 2.05) is 0 Å². The minimum Gasteiger partial charge on any atom is -0.373 e. The first-order valence-corrected chi connectivity index (χ1v) is 11.8. The molecule has 2 aliphatic carbocycles. The summed E-state index contributed by atoms with van der Waals surface area (Å²) in [7, 11) is 0. The highest BCUT2D eigenvalue weighted by atomic mass is 16.5. The summed E-state index contributed by atoms with van der Waals surface area (Å²) in [4.78, 5) is 7.47. The zero-order valence-electron chi connectivity index (χ0n) is 18.0. The van der Waals surface area contributed by atoms with Crippen LogP contribution in [-0.4, -0.2) is 55.7 Å². The minimum absolute atomic E-state index is 0.270. The Morgan fingerprint density at radius 1 is 1.14 bits per heavy atom. The van der Waals surface area contributed by atoms with Crippen LogP contribution in [0.15, 0.2) is 29.3 Å². The number of nitrogens with one attached hydrogen (secondary N) is 2. The number of nitrogens with zero attached hydrogens (tertiary/aromatic N) is 2. The van der Waals surface area contributed by atoms with Gasteiger partial charge >= 0.3 is 0 Å². The molecule has 1 atom stereocenters. The molecule has 3 aliphatic rings. The summed E-state index contributed by atoms with van der Waals surface area (Å²) in [5, 5.41) is 7.08. The fourth-order valence-corrected chi connectivity index (χ4v) is 4.73. The first-order chi connectivity index (χ1) is 14.3. The average Bonchev–Trinajstić information content (AvgIpc) is 3.60. The van der Waals surface area contributed by atoms with Crippen molar-refractivity contribution in [3.8, 4) is 0 Å². The fourth-order valence-electron chi connectivity index (χ4n) is 4.73. The summed E-state index contributed by atoms with van der Waals surface area (Å²) in [6.45, 7) is 7.10. The van der Waals surface area contributed by atoms with Gasteiger partial charge in [0.2, 0.25) is 0 Å². The monoisotopic (exact) mass is 398 g/mol. The van der Waals surface area contributed by atoms with Gasteiger partial charge in [0.15, 0.2) is 5.96 Å². The summed E-state index contributed by atoms with van der Waals surface area (Å²) < 4.78 is 6.23. The van der Waals surface area contributed by atoms with Crippen molar-refractivity contribution in [2.75, 3.05) is 32.8 Å². The van der Waals surface area contributed by atoms with E-state index in [0.29, 0.717) is 6.04 Å². The van der Waals surface area contributed by atoms with E-state index >= 15 is 0 Å². The zero-order chi connectivity index (χ0) is 19.9. The molecule has 0 radical (unpaired) electrons. The highest BCUT2D eigenvalue weighted by molar-refractivity contribution is 5.80. The van der Waals surface area contributed by atoms with Gasteiger partial charge < -0.3 is 20.3 Å². The molecule has 1 saturated heterocycles. The van der Waals surface area contributed by atoms with Gasteiger partial charge in [-0.15, -0.1) is 0 Å². The summed E-state index contributed by atoms with van der Waals surface area (Å²) >= 11 is 0. The molecule has 1 heterocycles. The van der Waals surface area contributed by atoms with Crippen LogP contribution < -0.4 is 10.6 Å². The molecule has 5 nitrogen and oxygen atoms in total. The van der Waals surface area contributed by atoms with Crippen molar-refractivity contribution >= 4 is 5.96 Å². The van der Waals surface area contributed by atoms with Gasteiger partial charge in [-0.2, -0.15) is 0 Å². The third kappa shape index (κ3) is 5.95. The third-order valence-corrected chi connectivity index (χ3v) is 6.48. The second-order valence-corrected chi connectivity index (χ2v) is 8.75. The average molecular weight is 399 g/mol. The second-order valence-electron chi connectivity index (χ2n) is 8.75. The number of guanidine groups is 1. The number of ether oxygens (including phenoxy) is 1. The van der Waals surface area contributed by atoms with Crippen molar-refractivity contribution in [1.29, 1.82) is 0 Å². The first-order valence-electron chi connectivity index (χ1n) is 11.8. The molecule has 2 N–H and O–H groups in total. The van der Waals surface area contributed by atoms with E-state index in [2.05, 4.69) is 46.7 Å². The quantitative estimate of drug-likeness (QED) is 0.399. The van der Waals surface area contributed by atoms with Gasteiger partial charge in [0.05, 0.1) is 6.10 Å². The van der Waals surface area contributed by atoms with Gasteiger partial charge in [0.25, 0.3) is 0 Å². The molecule has 2 fully saturated rings. The Morgan fingerprint density at radius 3 is 2.76 bits per heavy atom. The van der Waals surface area contributed by atoms with Gasteiger partial charge in [-0.1, -0.05) is 24.3 Å². The molecule has 1 aliphatic heterocycles. The van der Waals surface area contributed by atoms with Crippen molar-refractivity contribution in [1.82, 2.24) is 15.5 Å². The Balaban J connectivity index is 1.18. The van der Waals surface area contributed by atoms with Crippen LogP contribution in [0.25, 0.3) is 0 Å². The van der Waals surface area contributed by atoms with Crippen molar-refractivity contribution in [3.63, 3.8) is 0 Å². The van der Waals surface area contributed by atoms with E-state index in [1.54, 1.807) is 0 Å². The number of likely N-dealkylation sites (tertiary alicyclic amines) is 1. The number of hydrogen-bond acceptors (Lipinski definition) is 3. The lowest BCUT2D eigenvalue weighted by molar-refractivity contribution is 0.0403. The molecular formula is C24H38N4O. The van der Waals surface area contributed by atoms with E-state index < -0.39 is 0 Å². The van der Waals surface area contributed by atoms with Crippen LogP contribution in [0.3, 0.4) is 0 Å². The molecule has 1 aromatic rings. The van der Waals surface area contributed by atoms with Crippen LogP contribution >= 0.6 is 0 Å². The first kappa shape index (κ1) is 20.7. The molecule has 0 spiro atoms. The Hall–Kier alpha value is -1.59. The molecule has 160 valence electrons. The minimum atomic E-state index is 0.270. The van der Waals surface area contributed by atoms with Crippen LogP contribution in [0.4, 0.5) is 0 Å². The summed E-state index contributed by atoms with van der Waals surface area (Å²) in [6.07, 6.45) is 10.1. The smallest absolute Gasteiger partial charge is 0.191 e. The molecule has 1 saturated carbocycles. The largest absolute Gasteiger partial charge is 0.373 e. The standard InChI is InChI=1S/C24H38N4O/c1-2-25-24(27-20-13-16-28(17-14-20)21-11-12-21)26-15-6-18-29-23-10-5-8-19-7-3-4-9-22(19)23/h3-4,7,9,20-21,23H,2,5-6,8,10-18H2,1H3,(H2,25,26,27). The highest BCUT2D eigenvalue weighted by Gasteiger charge is 2.31. The number of piperidine rings is 1. The van der Waals surface area contributed by atoms with E-state index in [4.69, 9.17) is 9.73 Å². The Labute approximate surface area is 176 Å². The van der Waals surface area contributed by atoms with Gasteiger partial charge in [-0.3, -0.25) is 4.99 Å². The van der Waals surface area contributed by atoms with Crippen LogP contribution in [0.2, 0.25) is 0 Å². The van der Waals surface area contributed by atoms with E-state index in [1.165, 1.54) is 62.7 Å². The normalized spacial score (nSPS) is 23.6. The maximum atomic E-state index is 6.23. The third-order valence-electron chi connectivity index (χ3n) is 6.48.